The Morgan fingerprint density at radius 3 is 2.45 bits per heavy atom. The fourth-order valence-corrected chi connectivity index (χ4v) is 2.89. The number of hydrogen-bond acceptors (Lipinski definition) is 3. The van der Waals surface area contributed by atoms with Gasteiger partial charge in [-0.3, -0.25) is 4.79 Å². The Labute approximate surface area is 118 Å². The van der Waals surface area contributed by atoms with Crippen LogP contribution in [0.25, 0.3) is 0 Å². The molecule has 1 aromatic rings. The maximum atomic E-state index is 11.5. The van der Waals surface area contributed by atoms with Gasteiger partial charge in [0.1, 0.15) is 0 Å². The average Bonchev–Trinajstić information content (AvgIpc) is 2.32. The zero-order valence-corrected chi connectivity index (χ0v) is 11.7. The summed E-state index contributed by atoms with van der Waals surface area (Å²) in [5.74, 6) is 0.626. The summed E-state index contributed by atoms with van der Waals surface area (Å²) in [6, 6.07) is 5.57. The monoisotopic (exact) mass is 276 g/mol. The maximum absolute atomic E-state index is 11.5. The Morgan fingerprint density at radius 2 is 2.00 bits per heavy atom. The lowest BCUT2D eigenvalue weighted by Crippen LogP contribution is -2.42. The third-order valence-electron chi connectivity index (χ3n) is 4.68. The number of hydrogen-bond donors (Lipinski definition) is 1. The van der Waals surface area contributed by atoms with Crippen molar-refractivity contribution in [2.45, 2.75) is 50.0 Å². The van der Waals surface area contributed by atoms with Gasteiger partial charge in [0.05, 0.1) is 18.6 Å². The first-order chi connectivity index (χ1) is 9.65. The van der Waals surface area contributed by atoms with Crippen molar-refractivity contribution in [1.82, 2.24) is 0 Å². The van der Waals surface area contributed by atoms with E-state index in [0.717, 1.165) is 30.6 Å². The molecule has 20 heavy (non-hydrogen) atoms. The highest BCUT2D eigenvalue weighted by atomic mass is 16.5. The van der Waals surface area contributed by atoms with Crippen molar-refractivity contribution in [1.29, 1.82) is 0 Å². The van der Waals surface area contributed by atoms with Crippen molar-refractivity contribution < 1.29 is 19.4 Å². The van der Waals surface area contributed by atoms with Gasteiger partial charge in [0, 0.05) is 0 Å². The molecular weight excluding hydrogens is 256 g/mol. The SMILES string of the molecule is COc1cc(C2(C(=O)O)CCC2)ccc1OC1CCC1. The first-order valence-corrected chi connectivity index (χ1v) is 7.24. The second-order valence-electron chi connectivity index (χ2n) is 5.78. The fourth-order valence-electron chi connectivity index (χ4n) is 2.89. The predicted octanol–water partition coefficient (Wildman–Crippen LogP) is 3.13. The zero-order chi connectivity index (χ0) is 14.2. The van der Waals surface area contributed by atoms with Gasteiger partial charge in [-0.05, 0) is 49.8 Å². The minimum Gasteiger partial charge on any atom is -0.493 e. The zero-order valence-electron chi connectivity index (χ0n) is 11.7. The molecule has 108 valence electrons. The van der Waals surface area contributed by atoms with Gasteiger partial charge in [-0.1, -0.05) is 12.5 Å². The highest BCUT2D eigenvalue weighted by Crippen LogP contribution is 2.46. The van der Waals surface area contributed by atoms with E-state index in [0.29, 0.717) is 18.6 Å². The molecule has 0 spiro atoms. The summed E-state index contributed by atoms with van der Waals surface area (Å²) in [5, 5.41) is 9.49. The van der Waals surface area contributed by atoms with E-state index in [4.69, 9.17) is 9.47 Å². The Morgan fingerprint density at radius 1 is 1.25 bits per heavy atom. The standard InChI is InChI=1S/C16H20O4/c1-19-14-10-11(16(15(17)18)8-3-9-16)6-7-13(14)20-12-4-2-5-12/h6-7,10,12H,2-5,8-9H2,1H3,(H,17,18). The van der Waals surface area contributed by atoms with E-state index in [1.54, 1.807) is 7.11 Å². The number of ether oxygens (including phenoxy) is 2. The molecule has 1 aromatic carbocycles. The summed E-state index contributed by atoms with van der Waals surface area (Å²) >= 11 is 0. The van der Waals surface area contributed by atoms with Crippen LogP contribution < -0.4 is 9.47 Å². The average molecular weight is 276 g/mol. The third-order valence-corrected chi connectivity index (χ3v) is 4.68. The highest BCUT2D eigenvalue weighted by molar-refractivity contribution is 5.83. The lowest BCUT2D eigenvalue weighted by molar-refractivity contribution is -0.147. The molecule has 0 unspecified atom stereocenters. The smallest absolute Gasteiger partial charge is 0.314 e. The van der Waals surface area contributed by atoms with Crippen LogP contribution in [0.3, 0.4) is 0 Å². The van der Waals surface area contributed by atoms with Crippen molar-refractivity contribution in [2.75, 3.05) is 7.11 Å². The van der Waals surface area contributed by atoms with Gasteiger partial charge >= 0.3 is 5.97 Å². The molecule has 0 aliphatic heterocycles. The van der Waals surface area contributed by atoms with Gasteiger partial charge in [0.15, 0.2) is 11.5 Å². The second-order valence-corrected chi connectivity index (χ2v) is 5.78. The molecule has 0 atom stereocenters. The van der Waals surface area contributed by atoms with Gasteiger partial charge in [0.25, 0.3) is 0 Å². The molecule has 1 N–H and O–H groups in total. The normalized spacial score (nSPS) is 20.6. The molecule has 2 fully saturated rings. The Bertz CT molecular complexity index is 515. The Hall–Kier alpha value is -1.71. The lowest BCUT2D eigenvalue weighted by atomic mass is 9.64. The van der Waals surface area contributed by atoms with Crippen molar-refractivity contribution >= 4 is 5.97 Å². The molecule has 4 heteroatoms. The number of carbonyl (C=O) groups is 1. The highest BCUT2D eigenvalue weighted by Gasteiger charge is 2.46. The minimum atomic E-state index is -0.738. The van der Waals surface area contributed by atoms with E-state index in [9.17, 15) is 9.90 Å². The van der Waals surface area contributed by atoms with Crippen LogP contribution in [0.5, 0.6) is 11.5 Å². The predicted molar refractivity (Wildman–Crippen MR) is 74.4 cm³/mol. The van der Waals surface area contributed by atoms with E-state index in [1.165, 1.54) is 6.42 Å². The van der Waals surface area contributed by atoms with Crippen LogP contribution >= 0.6 is 0 Å². The quantitative estimate of drug-likeness (QED) is 0.897. The summed E-state index contributed by atoms with van der Waals surface area (Å²) in [4.78, 5) is 11.5. The van der Waals surface area contributed by atoms with E-state index in [1.807, 2.05) is 18.2 Å². The molecule has 2 aliphatic rings. The van der Waals surface area contributed by atoms with Crippen molar-refractivity contribution in [3.05, 3.63) is 23.8 Å². The molecule has 0 saturated heterocycles. The van der Waals surface area contributed by atoms with Crippen LogP contribution in [0.1, 0.15) is 44.1 Å². The molecule has 0 heterocycles. The van der Waals surface area contributed by atoms with Crippen LogP contribution in [0.2, 0.25) is 0 Å². The van der Waals surface area contributed by atoms with Crippen molar-refractivity contribution in [2.24, 2.45) is 0 Å². The lowest BCUT2D eigenvalue weighted by Gasteiger charge is -2.38. The first-order valence-electron chi connectivity index (χ1n) is 7.24. The summed E-state index contributed by atoms with van der Waals surface area (Å²) < 4.78 is 11.3. The largest absolute Gasteiger partial charge is 0.493 e. The van der Waals surface area contributed by atoms with E-state index >= 15 is 0 Å². The van der Waals surface area contributed by atoms with Crippen molar-refractivity contribution in [3.63, 3.8) is 0 Å². The number of rotatable bonds is 5. The first kappa shape index (κ1) is 13.3. The number of benzene rings is 1. The minimum absolute atomic E-state index is 0.284. The summed E-state index contributed by atoms with van der Waals surface area (Å²) in [5.41, 5.74) is 0.108. The second kappa shape index (κ2) is 5.00. The Balaban J connectivity index is 1.88. The van der Waals surface area contributed by atoms with E-state index < -0.39 is 11.4 Å². The maximum Gasteiger partial charge on any atom is 0.314 e. The molecule has 0 aromatic heterocycles. The summed E-state index contributed by atoms with van der Waals surface area (Å²) in [7, 11) is 1.60. The number of carboxylic acid groups (broad SMARTS) is 1. The topological polar surface area (TPSA) is 55.8 Å². The molecule has 2 saturated carbocycles. The molecule has 0 radical (unpaired) electrons. The van der Waals surface area contributed by atoms with Crippen LogP contribution in [0, 0.1) is 0 Å². The third kappa shape index (κ3) is 2.03. The van der Waals surface area contributed by atoms with Crippen molar-refractivity contribution in [3.8, 4) is 11.5 Å². The Kier molecular flexibility index (Phi) is 3.32. The summed E-state index contributed by atoms with van der Waals surface area (Å²) in [6.45, 7) is 0. The number of carboxylic acids is 1. The molecular formula is C16H20O4. The molecule has 0 bridgehead atoms. The molecule has 3 rings (SSSR count). The number of aliphatic carboxylic acids is 1. The van der Waals surface area contributed by atoms with Gasteiger partial charge < -0.3 is 14.6 Å². The van der Waals surface area contributed by atoms with Crippen LogP contribution in [-0.4, -0.2) is 24.3 Å². The van der Waals surface area contributed by atoms with Gasteiger partial charge in [0.2, 0.25) is 0 Å². The van der Waals surface area contributed by atoms with Crippen LogP contribution in [-0.2, 0) is 10.2 Å². The van der Waals surface area contributed by atoms with Crippen LogP contribution in [0.15, 0.2) is 18.2 Å². The van der Waals surface area contributed by atoms with Gasteiger partial charge in [-0.25, -0.2) is 0 Å². The summed E-state index contributed by atoms with van der Waals surface area (Å²) in [6.07, 6.45) is 6.05. The molecule has 4 nitrogen and oxygen atoms in total. The van der Waals surface area contributed by atoms with Gasteiger partial charge in [-0.2, -0.15) is 0 Å². The van der Waals surface area contributed by atoms with Crippen LogP contribution in [0.4, 0.5) is 0 Å². The fraction of sp³-hybridized carbons (Fsp3) is 0.562. The van der Waals surface area contributed by atoms with E-state index in [-0.39, 0.29) is 6.10 Å². The van der Waals surface area contributed by atoms with E-state index in [2.05, 4.69) is 0 Å². The number of methoxy groups -OCH3 is 1. The van der Waals surface area contributed by atoms with Gasteiger partial charge in [-0.15, -0.1) is 0 Å². The molecule has 2 aliphatic carbocycles. The molecule has 0 amide bonds.